The number of hydrogen-bond acceptors (Lipinski definition) is 4. The molecule has 1 amide bonds. The zero-order chi connectivity index (χ0) is 20.0. The Hall–Kier alpha value is -2.93. The first-order valence-electron chi connectivity index (χ1n) is 8.53. The highest BCUT2D eigenvalue weighted by atomic mass is 19.1. The van der Waals surface area contributed by atoms with Gasteiger partial charge < -0.3 is 20.5 Å². The number of hydrogen-bond donors (Lipinski definition) is 2. The van der Waals surface area contributed by atoms with Gasteiger partial charge in [0.25, 0.3) is 0 Å². The second-order valence-corrected chi connectivity index (χ2v) is 6.10. The smallest absolute Gasteiger partial charge is 0.308 e. The zero-order valence-electron chi connectivity index (χ0n) is 15.3. The van der Waals surface area contributed by atoms with E-state index in [0.717, 1.165) is 11.1 Å². The molecule has 7 heteroatoms. The summed E-state index contributed by atoms with van der Waals surface area (Å²) >= 11 is 0. The van der Waals surface area contributed by atoms with Crippen LogP contribution in [0.15, 0.2) is 42.5 Å². The molecule has 0 aliphatic carbocycles. The average molecular weight is 374 g/mol. The molecule has 2 aromatic carbocycles. The van der Waals surface area contributed by atoms with Gasteiger partial charge in [-0.2, -0.15) is 0 Å². The molecule has 0 saturated carbocycles. The predicted molar refractivity (Wildman–Crippen MR) is 100 cm³/mol. The van der Waals surface area contributed by atoms with Crippen molar-refractivity contribution in [1.82, 2.24) is 0 Å². The number of aliphatic carboxylic acids is 1. The number of carbonyl (C=O) groups excluding carboxylic acids is 1. The SMILES string of the molecule is CN.Cc1ccc(F)cc1COc1ccc(N2CC(C(=O)O)CC2=O)cc1. The number of benzene rings is 2. The van der Waals surface area contributed by atoms with Crippen LogP contribution in [0.4, 0.5) is 10.1 Å². The molecule has 0 radical (unpaired) electrons. The van der Waals surface area contributed by atoms with Crippen LogP contribution in [0, 0.1) is 18.7 Å². The number of carboxylic acid groups (broad SMARTS) is 1. The summed E-state index contributed by atoms with van der Waals surface area (Å²) in [6, 6.07) is 11.4. The number of nitrogens with zero attached hydrogens (tertiary/aromatic N) is 1. The molecule has 3 N–H and O–H groups in total. The van der Waals surface area contributed by atoms with E-state index >= 15 is 0 Å². The predicted octanol–water partition coefficient (Wildman–Crippen LogP) is 2.73. The molecule has 27 heavy (non-hydrogen) atoms. The molecular formula is C20H23FN2O4. The van der Waals surface area contributed by atoms with Gasteiger partial charge in [-0.15, -0.1) is 0 Å². The van der Waals surface area contributed by atoms with Crippen LogP contribution in [0.1, 0.15) is 17.5 Å². The van der Waals surface area contributed by atoms with E-state index in [0.29, 0.717) is 11.4 Å². The number of carboxylic acids is 1. The van der Waals surface area contributed by atoms with Crippen molar-refractivity contribution in [3.63, 3.8) is 0 Å². The second-order valence-electron chi connectivity index (χ2n) is 6.10. The Bertz CT molecular complexity index is 808. The average Bonchev–Trinajstić information content (AvgIpc) is 3.07. The third-order valence-corrected chi connectivity index (χ3v) is 4.33. The number of aryl methyl sites for hydroxylation is 1. The van der Waals surface area contributed by atoms with Crippen molar-refractivity contribution in [2.24, 2.45) is 11.7 Å². The molecule has 1 aliphatic heterocycles. The number of nitrogens with two attached hydrogens (primary N) is 1. The van der Waals surface area contributed by atoms with Crippen LogP contribution in [0.25, 0.3) is 0 Å². The number of rotatable bonds is 5. The maximum atomic E-state index is 13.3. The van der Waals surface area contributed by atoms with Gasteiger partial charge in [0, 0.05) is 18.7 Å². The van der Waals surface area contributed by atoms with E-state index in [1.54, 1.807) is 30.3 Å². The third-order valence-electron chi connectivity index (χ3n) is 4.33. The lowest BCUT2D eigenvalue weighted by molar-refractivity contribution is -0.141. The Morgan fingerprint density at radius 3 is 2.52 bits per heavy atom. The van der Waals surface area contributed by atoms with Crippen LogP contribution < -0.4 is 15.4 Å². The van der Waals surface area contributed by atoms with Crippen LogP contribution >= 0.6 is 0 Å². The van der Waals surface area contributed by atoms with Gasteiger partial charge in [-0.1, -0.05) is 6.07 Å². The lowest BCUT2D eigenvalue weighted by Gasteiger charge is -2.17. The fourth-order valence-electron chi connectivity index (χ4n) is 2.80. The molecule has 0 aromatic heterocycles. The van der Waals surface area contributed by atoms with E-state index in [1.807, 2.05) is 6.92 Å². The number of anilines is 1. The number of amides is 1. The molecule has 1 fully saturated rings. The van der Waals surface area contributed by atoms with Gasteiger partial charge in [-0.3, -0.25) is 9.59 Å². The zero-order valence-corrected chi connectivity index (χ0v) is 15.3. The lowest BCUT2D eigenvalue weighted by Crippen LogP contribution is -2.25. The van der Waals surface area contributed by atoms with E-state index in [-0.39, 0.29) is 31.3 Å². The standard InChI is InChI=1S/C19H18FNO4.CH5N/c1-12-2-3-15(20)8-14(12)11-25-17-6-4-16(5-7-17)21-10-13(19(23)24)9-18(21)22;1-2/h2-8,13H,9-11H2,1H3,(H,23,24);2H2,1H3. The summed E-state index contributed by atoms with van der Waals surface area (Å²) in [6.45, 7) is 2.31. The third kappa shape index (κ3) is 5.04. The molecule has 1 aliphatic rings. The minimum Gasteiger partial charge on any atom is -0.489 e. The maximum Gasteiger partial charge on any atom is 0.308 e. The summed E-state index contributed by atoms with van der Waals surface area (Å²) < 4.78 is 19.0. The first kappa shape index (κ1) is 20.4. The highest BCUT2D eigenvalue weighted by Gasteiger charge is 2.34. The molecule has 0 bridgehead atoms. The monoisotopic (exact) mass is 374 g/mol. The quantitative estimate of drug-likeness (QED) is 0.839. The number of ether oxygens (including phenoxy) is 1. The van der Waals surface area contributed by atoms with Crippen LogP contribution in [0.5, 0.6) is 5.75 Å². The van der Waals surface area contributed by atoms with E-state index in [4.69, 9.17) is 9.84 Å². The van der Waals surface area contributed by atoms with E-state index in [9.17, 15) is 14.0 Å². The molecule has 2 aromatic rings. The normalized spacial score (nSPS) is 15.9. The molecule has 144 valence electrons. The van der Waals surface area contributed by atoms with Crippen molar-refractivity contribution < 1.29 is 23.8 Å². The van der Waals surface area contributed by atoms with Crippen molar-refractivity contribution >= 4 is 17.6 Å². The van der Waals surface area contributed by atoms with E-state index in [1.165, 1.54) is 24.1 Å². The van der Waals surface area contributed by atoms with Crippen molar-refractivity contribution in [1.29, 1.82) is 0 Å². The molecule has 3 rings (SSSR count). The fraction of sp³-hybridized carbons (Fsp3) is 0.300. The lowest BCUT2D eigenvalue weighted by atomic mass is 10.1. The van der Waals surface area contributed by atoms with Crippen molar-refractivity contribution in [2.45, 2.75) is 20.0 Å². The molecule has 1 saturated heterocycles. The minimum atomic E-state index is -0.957. The Morgan fingerprint density at radius 2 is 1.93 bits per heavy atom. The summed E-state index contributed by atoms with van der Waals surface area (Å²) in [5, 5.41) is 9.03. The Morgan fingerprint density at radius 1 is 1.26 bits per heavy atom. The minimum absolute atomic E-state index is 0.0203. The summed E-state index contributed by atoms with van der Waals surface area (Å²) in [5.41, 5.74) is 6.85. The van der Waals surface area contributed by atoms with Crippen molar-refractivity contribution in [3.05, 3.63) is 59.4 Å². The molecule has 1 atom stereocenters. The summed E-state index contributed by atoms with van der Waals surface area (Å²) in [6.07, 6.45) is 0.0203. The second kappa shape index (κ2) is 9.14. The molecule has 1 heterocycles. The van der Waals surface area contributed by atoms with Gasteiger partial charge >= 0.3 is 5.97 Å². The Balaban J connectivity index is 0.00000126. The number of halogens is 1. The molecule has 6 nitrogen and oxygen atoms in total. The highest BCUT2D eigenvalue weighted by molar-refractivity contribution is 5.99. The first-order valence-corrected chi connectivity index (χ1v) is 8.53. The van der Waals surface area contributed by atoms with E-state index < -0.39 is 11.9 Å². The van der Waals surface area contributed by atoms with Crippen LogP contribution in [-0.4, -0.2) is 30.6 Å². The largest absolute Gasteiger partial charge is 0.489 e. The van der Waals surface area contributed by atoms with Gasteiger partial charge in [0.1, 0.15) is 18.2 Å². The van der Waals surface area contributed by atoms with Crippen molar-refractivity contribution in [2.75, 3.05) is 18.5 Å². The highest BCUT2D eigenvalue weighted by Crippen LogP contribution is 2.27. The van der Waals surface area contributed by atoms with Crippen LogP contribution in [0.2, 0.25) is 0 Å². The topological polar surface area (TPSA) is 92.9 Å². The maximum absolute atomic E-state index is 13.3. The molecular weight excluding hydrogens is 351 g/mol. The first-order chi connectivity index (χ1) is 12.9. The van der Waals surface area contributed by atoms with Gasteiger partial charge in [-0.05, 0) is 61.5 Å². The summed E-state index contributed by atoms with van der Waals surface area (Å²) in [4.78, 5) is 24.4. The molecule has 0 spiro atoms. The number of carbonyl (C=O) groups is 2. The Kier molecular flexibility index (Phi) is 6.90. The van der Waals surface area contributed by atoms with Crippen molar-refractivity contribution in [3.8, 4) is 5.75 Å². The summed E-state index contributed by atoms with van der Waals surface area (Å²) in [7, 11) is 1.50. The Labute approximate surface area is 157 Å². The van der Waals surface area contributed by atoms with E-state index in [2.05, 4.69) is 5.73 Å². The fourth-order valence-corrected chi connectivity index (χ4v) is 2.80. The van der Waals surface area contributed by atoms with Gasteiger partial charge in [-0.25, -0.2) is 4.39 Å². The van der Waals surface area contributed by atoms with Gasteiger partial charge in [0.2, 0.25) is 5.91 Å². The van der Waals surface area contributed by atoms with Crippen LogP contribution in [-0.2, 0) is 16.2 Å². The van der Waals surface area contributed by atoms with Crippen LogP contribution in [0.3, 0.4) is 0 Å². The summed E-state index contributed by atoms with van der Waals surface area (Å²) in [5.74, 6) is -1.54. The molecule has 1 unspecified atom stereocenters. The van der Waals surface area contributed by atoms with Gasteiger partial charge in [0.05, 0.1) is 5.92 Å². The van der Waals surface area contributed by atoms with Gasteiger partial charge in [0.15, 0.2) is 0 Å².